The summed E-state index contributed by atoms with van der Waals surface area (Å²) in [6.45, 7) is 15.2. The maximum Gasteiger partial charge on any atom is 0.108 e. The number of rotatable bonds is 6. The molecular formula is C14H28N4. The Labute approximate surface area is 112 Å². The van der Waals surface area contributed by atoms with Crippen LogP contribution in [0.2, 0.25) is 0 Å². The Morgan fingerprint density at radius 2 is 1.50 bits per heavy atom. The molecule has 0 aromatic rings. The Morgan fingerprint density at radius 1 is 1.00 bits per heavy atom. The maximum atomic E-state index is 9.13. The third-order valence-electron chi connectivity index (χ3n) is 3.22. The van der Waals surface area contributed by atoms with Gasteiger partial charge in [0.25, 0.3) is 0 Å². The summed E-state index contributed by atoms with van der Waals surface area (Å²) < 4.78 is 0. The summed E-state index contributed by atoms with van der Waals surface area (Å²) in [5, 5.41) is 12.4. The molecule has 104 valence electrons. The molecule has 1 N–H and O–H groups in total. The maximum absolute atomic E-state index is 9.13. The molecule has 1 aliphatic heterocycles. The van der Waals surface area contributed by atoms with E-state index in [1.54, 1.807) is 0 Å². The lowest BCUT2D eigenvalue weighted by Crippen LogP contribution is -2.51. The molecular weight excluding hydrogens is 224 g/mol. The van der Waals surface area contributed by atoms with E-state index in [-0.39, 0.29) is 6.04 Å². The highest BCUT2D eigenvalue weighted by molar-refractivity contribution is 4.93. The van der Waals surface area contributed by atoms with Crippen molar-refractivity contribution in [3.63, 3.8) is 0 Å². The average molecular weight is 252 g/mol. The van der Waals surface area contributed by atoms with Crippen molar-refractivity contribution in [1.82, 2.24) is 15.1 Å². The minimum absolute atomic E-state index is 0.0401. The number of nitrogens with one attached hydrogen (secondary N) is 1. The van der Waals surface area contributed by atoms with E-state index >= 15 is 0 Å². The second-order valence-corrected chi connectivity index (χ2v) is 6.00. The zero-order valence-corrected chi connectivity index (χ0v) is 12.3. The van der Waals surface area contributed by atoms with Crippen LogP contribution in [-0.4, -0.2) is 61.2 Å². The van der Waals surface area contributed by atoms with Crippen LogP contribution < -0.4 is 5.32 Å². The summed E-state index contributed by atoms with van der Waals surface area (Å²) in [5.74, 6) is 0.742. The summed E-state index contributed by atoms with van der Waals surface area (Å²) in [7, 11) is 0. The van der Waals surface area contributed by atoms with E-state index in [1.165, 1.54) is 6.54 Å². The van der Waals surface area contributed by atoms with E-state index in [0.717, 1.165) is 38.6 Å². The van der Waals surface area contributed by atoms with Gasteiger partial charge in [-0.1, -0.05) is 13.8 Å². The molecule has 1 unspecified atom stereocenters. The molecule has 1 atom stereocenters. The second kappa shape index (κ2) is 7.73. The molecule has 18 heavy (non-hydrogen) atoms. The standard InChI is InChI=1S/C14H28N4/c1-12(2)10-17-5-7-18(8-6-17)11-14(9-15)16-13(3)4/h12-14,16H,5-8,10-11H2,1-4H3. The predicted octanol–water partition coefficient (Wildman–Crippen LogP) is 1.15. The van der Waals surface area contributed by atoms with E-state index in [9.17, 15) is 0 Å². The van der Waals surface area contributed by atoms with Gasteiger partial charge in [-0.3, -0.25) is 10.2 Å². The third kappa shape index (κ3) is 5.81. The minimum Gasteiger partial charge on any atom is -0.301 e. The van der Waals surface area contributed by atoms with Crippen molar-refractivity contribution in [3.8, 4) is 6.07 Å². The smallest absolute Gasteiger partial charge is 0.108 e. The van der Waals surface area contributed by atoms with E-state index in [1.807, 2.05) is 0 Å². The number of piperazine rings is 1. The highest BCUT2D eigenvalue weighted by atomic mass is 15.3. The van der Waals surface area contributed by atoms with Gasteiger partial charge in [0.15, 0.2) is 0 Å². The van der Waals surface area contributed by atoms with Gasteiger partial charge in [0.05, 0.1) is 6.07 Å². The van der Waals surface area contributed by atoms with Crippen molar-refractivity contribution < 1.29 is 0 Å². The quantitative estimate of drug-likeness (QED) is 0.770. The Balaban J connectivity index is 2.28. The van der Waals surface area contributed by atoms with Crippen LogP contribution in [0.5, 0.6) is 0 Å². The molecule has 1 heterocycles. The first-order valence-electron chi connectivity index (χ1n) is 7.11. The Hall–Kier alpha value is -0.630. The van der Waals surface area contributed by atoms with E-state index < -0.39 is 0 Å². The molecule has 0 saturated carbocycles. The lowest BCUT2D eigenvalue weighted by Gasteiger charge is -2.36. The van der Waals surface area contributed by atoms with E-state index in [2.05, 4.69) is 48.9 Å². The summed E-state index contributed by atoms with van der Waals surface area (Å²) in [6, 6.07) is 2.69. The molecule has 1 rings (SSSR count). The molecule has 0 spiro atoms. The fourth-order valence-electron chi connectivity index (χ4n) is 2.46. The lowest BCUT2D eigenvalue weighted by molar-refractivity contribution is 0.117. The number of nitrogens with zero attached hydrogens (tertiary/aromatic N) is 3. The number of hydrogen-bond acceptors (Lipinski definition) is 4. The van der Waals surface area contributed by atoms with Crippen LogP contribution in [0.25, 0.3) is 0 Å². The van der Waals surface area contributed by atoms with Crippen LogP contribution >= 0.6 is 0 Å². The largest absolute Gasteiger partial charge is 0.301 e. The van der Waals surface area contributed by atoms with Crippen LogP contribution in [0.15, 0.2) is 0 Å². The Kier molecular flexibility index (Phi) is 6.62. The highest BCUT2D eigenvalue weighted by Crippen LogP contribution is 2.06. The fraction of sp³-hybridized carbons (Fsp3) is 0.929. The minimum atomic E-state index is -0.0401. The summed E-state index contributed by atoms with van der Waals surface area (Å²) in [5.41, 5.74) is 0. The van der Waals surface area contributed by atoms with Crippen LogP contribution in [-0.2, 0) is 0 Å². The van der Waals surface area contributed by atoms with Gasteiger partial charge in [-0.25, -0.2) is 0 Å². The predicted molar refractivity (Wildman–Crippen MR) is 75.4 cm³/mol. The first kappa shape index (κ1) is 15.4. The lowest BCUT2D eigenvalue weighted by atomic mass is 10.2. The number of nitriles is 1. The van der Waals surface area contributed by atoms with Crippen molar-refractivity contribution >= 4 is 0 Å². The van der Waals surface area contributed by atoms with Crippen LogP contribution in [0, 0.1) is 17.2 Å². The molecule has 0 radical (unpaired) electrons. The van der Waals surface area contributed by atoms with E-state index in [4.69, 9.17) is 5.26 Å². The van der Waals surface area contributed by atoms with Crippen molar-refractivity contribution in [2.45, 2.75) is 39.8 Å². The van der Waals surface area contributed by atoms with Crippen LogP contribution in [0.4, 0.5) is 0 Å². The van der Waals surface area contributed by atoms with Gasteiger partial charge in [-0.05, 0) is 19.8 Å². The molecule has 4 heteroatoms. The first-order valence-corrected chi connectivity index (χ1v) is 7.11. The van der Waals surface area contributed by atoms with Crippen LogP contribution in [0.3, 0.4) is 0 Å². The average Bonchev–Trinajstić information content (AvgIpc) is 2.29. The van der Waals surface area contributed by atoms with Crippen molar-refractivity contribution in [3.05, 3.63) is 0 Å². The fourth-order valence-corrected chi connectivity index (χ4v) is 2.46. The van der Waals surface area contributed by atoms with Crippen LogP contribution in [0.1, 0.15) is 27.7 Å². The van der Waals surface area contributed by atoms with Gasteiger partial charge in [-0.2, -0.15) is 5.26 Å². The zero-order chi connectivity index (χ0) is 13.5. The van der Waals surface area contributed by atoms with Gasteiger partial charge in [-0.15, -0.1) is 0 Å². The molecule has 0 aromatic carbocycles. The van der Waals surface area contributed by atoms with Crippen molar-refractivity contribution in [2.75, 3.05) is 39.3 Å². The SMILES string of the molecule is CC(C)CN1CCN(CC(C#N)NC(C)C)CC1. The molecule has 1 aliphatic rings. The zero-order valence-electron chi connectivity index (χ0n) is 12.3. The number of hydrogen-bond donors (Lipinski definition) is 1. The first-order chi connectivity index (χ1) is 8.51. The topological polar surface area (TPSA) is 42.3 Å². The second-order valence-electron chi connectivity index (χ2n) is 6.00. The summed E-state index contributed by atoms with van der Waals surface area (Å²) in [4.78, 5) is 4.93. The van der Waals surface area contributed by atoms with Gasteiger partial charge in [0.2, 0.25) is 0 Å². The summed E-state index contributed by atoms with van der Waals surface area (Å²) >= 11 is 0. The molecule has 1 saturated heterocycles. The van der Waals surface area contributed by atoms with Crippen molar-refractivity contribution in [2.24, 2.45) is 5.92 Å². The van der Waals surface area contributed by atoms with Gasteiger partial charge < -0.3 is 4.90 Å². The Bertz CT molecular complexity index is 261. The van der Waals surface area contributed by atoms with Gasteiger partial charge >= 0.3 is 0 Å². The molecule has 0 amide bonds. The van der Waals surface area contributed by atoms with E-state index in [0.29, 0.717) is 6.04 Å². The molecule has 1 fully saturated rings. The molecule has 0 aromatic heterocycles. The third-order valence-corrected chi connectivity index (χ3v) is 3.22. The molecule has 4 nitrogen and oxygen atoms in total. The normalized spacial score (nSPS) is 20.3. The van der Waals surface area contributed by atoms with Gasteiger partial charge in [0.1, 0.15) is 6.04 Å². The molecule has 0 aliphatic carbocycles. The summed E-state index contributed by atoms with van der Waals surface area (Å²) in [6.07, 6.45) is 0. The van der Waals surface area contributed by atoms with Crippen molar-refractivity contribution in [1.29, 1.82) is 5.26 Å². The Morgan fingerprint density at radius 3 is 1.89 bits per heavy atom. The monoisotopic (exact) mass is 252 g/mol. The van der Waals surface area contributed by atoms with Gasteiger partial charge in [0, 0.05) is 45.3 Å². The molecule has 0 bridgehead atoms. The highest BCUT2D eigenvalue weighted by Gasteiger charge is 2.20.